The number of carbonyl (C=O) groups excluding carboxylic acids is 1. The summed E-state index contributed by atoms with van der Waals surface area (Å²) in [4.78, 5) is 11.5. The van der Waals surface area contributed by atoms with Gasteiger partial charge >= 0.3 is 0 Å². The standard InChI is InChI=1S/C17H25N3O/c1-10-4-3-5-14(11(10)2)19-16-8-12-6-7-17(21)20-15(12)9-13(16)18/h8-11,14,19H,3-7,18H2,1-2H3,(H,20,21). The Morgan fingerprint density at radius 3 is 2.86 bits per heavy atom. The first kappa shape index (κ1) is 14.2. The fourth-order valence-electron chi connectivity index (χ4n) is 3.56. The maximum atomic E-state index is 11.5. The number of hydrogen-bond donors (Lipinski definition) is 3. The van der Waals surface area contributed by atoms with Crippen molar-refractivity contribution in [2.75, 3.05) is 16.4 Å². The maximum absolute atomic E-state index is 11.5. The molecule has 0 bridgehead atoms. The Hall–Kier alpha value is -1.71. The van der Waals surface area contributed by atoms with Crippen LogP contribution in [0.3, 0.4) is 0 Å². The molecule has 1 amide bonds. The second-order valence-corrected chi connectivity index (χ2v) is 6.66. The minimum atomic E-state index is 0.0809. The van der Waals surface area contributed by atoms with E-state index in [0.717, 1.165) is 29.4 Å². The van der Waals surface area contributed by atoms with Gasteiger partial charge in [0.05, 0.1) is 11.4 Å². The fourth-order valence-corrected chi connectivity index (χ4v) is 3.56. The highest BCUT2D eigenvalue weighted by atomic mass is 16.1. The molecule has 0 aromatic heterocycles. The van der Waals surface area contributed by atoms with Gasteiger partial charge in [-0.2, -0.15) is 0 Å². The highest BCUT2D eigenvalue weighted by Gasteiger charge is 2.27. The summed E-state index contributed by atoms with van der Waals surface area (Å²) < 4.78 is 0. The van der Waals surface area contributed by atoms with Crippen molar-refractivity contribution in [2.45, 2.75) is 52.0 Å². The molecule has 1 aliphatic carbocycles. The molecule has 4 nitrogen and oxygen atoms in total. The molecule has 4 N–H and O–H groups in total. The van der Waals surface area contributed by atoms with Gasteiger partial charge in [0.2, 0.25) is 5.91 Å². The molecule has 114 valence electrons. The van der Waals surface area contributed by atoms with E-state index in [2.05, 4.69) is 30.5 Å². The Morgan fingerprint density at radius 2 is 2.05 bits per heavy atom. The molecule has 0 spiro atoms. The van der Waals surface area contributed by atoms with Gasteiger partial charge in [-0.25, -0.2) is 0 Å². The number of rotatable bonds is 2. The van der Waals surface area contributed by atoms with Crippen LogP contribution in [-0.2, 0) is 11.2 Å². The molecule has 3 unspecified atom stereocenters. The zero-order valence-electron chi connectivity index (χ0n) is 12.9. The van der Waals surface area contributed by atoms with Crippen LogP contribution in [0.5, 0.6) is 0 Å². The summed E-state index contributed by atoms with van der Waals surface area (Å²) in [7, 11) is 0. The molecule has 3 rings (SSSR count). The molecule has 3 atom stereocenters. The molecule has 1 aromatic carbocycles. The van der Waals surface area contributed by atoms with Crippen molar-refractivity contribution < 1.29 is 4.79 Å². The molecule has 1 heterocycles. The van der Waals surface area contributed by atoms with Gasteiger partial charge in [-0.15, -0.1) is 0 Å². The summed E-state index contributed by atoms with van der Waals surface area (Å²) in [6.45, 7) is 4.67. The first-order valence-corrected chi connectivity index (χ1v) is 8.03. The van der Waals surface area contributed by atoms with E-state index >= 15 is 0 Å². The summed E-state index contributed by atoms with van der Waals surface area (Å²) in [6, 6.07) is 4.51. The molecule has 0 radical (unpaired) electrons. The van der Waals surface area contributed by atoms with Crippen molar-refractivity contribution in [2.24, 2.45) is 11.8 Å². The molecular weight excluding hydrogens is 262 g/mol. The van der Waals surface area contributed by atoms with Gasteiger partial charge in [-0.1, -0.05) is 26.7 Å². The van der Waals surface area contributed by atoms with Gasteiger partial charge < -0.3 is 16.4 Å². The van der Waals surface area contributed by atoms with Crippen LogP contribution in [0.4, 0.5) is 17.1 Å². The summed E-state index contributed by atoms with van der Waals surface area (Å²) in [5, 5.41) is 6.55. The monoisotopic (exact) mass is 287 g/mol. The van der Waals surface area contributed by atoms with E-state index in [1.165, 1.54) is 24.8 Å². The smallest absolute Gasteiger partial charge is 0.224 e. The Kier molecular flexibility index (Phi) is 3.79. The Bertz CT molecular complexity index is 555. The molecule has 1 saturated carbocycles. The number of nitrogens with two attached hydrogens (primary N) is 1. The lowest BCUT2D eigenvalue weighted by atomic mass is 9.78. The van der Waals surface area contributed by atoms with Crippen molar-refractivity contribution in [3.63, 3.8) is 0 Å². The lowest BCUT2D eigenvalue weighted by Crippen LogP contribution is -2.35. The van der Waals surface area contributed by atoms with Gasteiger partial charge in [-0.3, -0.25) is 4.79 Å². The lowest BCUT2D eigenvalue weighted by Gasteiger charge is -2.35. The third-order valence-electron chi connectivity index (χ3n) is 5.22. The SMILES string of the molecule is CC1CCCC(Nc2cc3c(cc2N)NC(=O)CC3)C1C. The van der Waals surface area contributed by atoms with E-state index in [1.807, 2.05) is 6.07 Å². The van der Waals surface area contributed by atoms with Crippen molar-refractivity contribution in [3.8, 4) is 0 Å². The minimum Gasteiger partial charge on any atom is -0.397 e. The number of nitrogen functional groups attached to an aromatic ring is 1. The van der Waals surface area contributed by atoms with Crippen LogP contribution in [0, 0.1) is 11.8 Å². The third kappa shape index (κ3) is 2.85. The number of benzene rings is 1. The number of carbonyl (C=O) groups is 1. The fraction of sp³-hybridized carbons (Fsp3) is 0.588. The van der Waals surface area contributed by atoms with Crippen LogP contribution < -0.4 is 16.4 Å². The van der Waals surface area contributed by atoms with Gasteiger partial charge in [-0.05, 0) is 42.4 Å². The van der Waals surface area contributed by atoms with Gasteiger partial charge in [0, 0.05) is 18.2 Å². The number of fused-ring (bicyclic) bond motifs is 1. The van der Waals surface area contributed by atoms with Crippen molar-refractivity contribution >= 4 is 23.0 Å². The topological polar surface area (TPSA) is 67.2 Å². The predicted octanol–water partition coefficient (Wildman–Crippen LogP) is 3.39. The quantitative estimate of drug-likeness (QED) is 0.730. The summed E-state index contributed by atoms with van der Waals surface area (Å²) in [5.41, 5.74) is 9.98. The van der Waals surface area contributed by atoms with Crippen molar-refractivity contribution in [3.05, 3.63) is 17.7 Å². The number of anilines is 3. The molecule has 1 aromatic rings. The van der Waals surface area contributed by atoms with Crippen LogP contribution in [0.1, 0.15) is 45.1 Å². The molecular formula is C17H25N3O. The Labute approximate surface area is 126 Å². The minimum absolute atomic E-state index is 0.0809. The summed E-state index contributed by atoms with van der Waals surface area (Å²) in [6.07, 6.45) is 5.17. The van der Waals surface area contributed by atoms with E-state index in [9.17, 15) is 4.79 Å². The number of nitrogens with one attached hydrogen (secondary N) is 2. The molecule has 1 fully saturated rings. The zero-order chi connectivity index (χ0) is 15.0. The Morgan fingerprint density at radius 1 is 1.24 bits per heavy atom. The molecule has 2 aliphatic rings. The molecule has 21 heavy (non-hydrogen) atoms. The number of hydrogen-bond acceptors (Lipinski definition) is 3. The maximum Gasteiger partial charge on any atom is 0.224 e. The van der Waals surface area contributed by atoms with E-state index in [1.54, 1.807) is 0 Å². The highest BCUT2D eigenvalue weighted by molar-refractivity contribution is 5.95. The summed E-state index contributed by atoms with van der Waals surface area (Å²) >= 11 is 0. The first-order chi connectivity index (χ1) is 10.0. The molecule has 0 saturated heterocycles. The number of amides is 1. The van der Waals surface area contributed by atoms with E-state index in [4.69, 9.17) is 5.73 Å². The van der Waals surface area contributed by atoms with Crippen LogP contribution >= 0.6 is 0 Å². The van der Waals surface area contributed by atoms with E-state index < -0.39 is 0 Å². The summed E-state index contributed by atoms with van der Waals surface area (Å²) in [5.74, 6) is 1.50. The second-order valence-electron chi connectivity index (χ2n) is 6.66. The lowest BCUT2D eigenvalue weighted by molar-refractivity contribution is -0.116. The van der Waals surface area contributed by atoms with Crippen LogP contribution in [-0.4, -0.2) is 11.9 Å². The number of aryl methyl sites for hydroxylation is 1. The molecule has 4 heteroatoms. The van der Waals surface area contributed by atoms with Crippen molar-refractivity contribution in [1.29, 1.82) is 0 Å². The zero-order valence-corrected chi connectivity index (χ0v) is 12.9. The third-order valence-corrected chi connectivity index (χ3v) is 5.22. The highest BCUT2D eigenvalue weighted by Crippen LogP contribution is 2.35. The predicted molar refractivity (Wildman–Crippen MR) is 87.4 cm³/mol. The normalized spacial score (nSPS) is 28.7. The van der Waals surface area contributed by atoms with Gasteiger partial charge in [0.1, 0.15) is 0 Å². The largest absolute Gasteiger partial charge is 0.397 e. The van der Waals surface area contributed by atoms with Gasteiger partial charge in [0.15, 0.2) is 0 Å². The van der Waals surface area contributed by atoms with Gasteiger partial charge in [0.25, 0.3) is 0 Å². The van der Waals surface area contributed by atoms with E-state index in [0.29, 0.717) is 18.4 Å². The van der Waals surface area contributed by atoms with Crippen LogP contribution in [0.15, 0.2) is 12.1 Å². The van der Waals surface area contributed by atoms with Crippen LogP contribution in [0.25, 0.3) is 0 Å². The first-order valence-electron chi connectivity index (χ1n) is 8.03. The average Bonchev–Trinajstić information content (AvgIpc) is 2.45. The second kappa shape index (κ2) is 5.58. The average molecular weight is 287 g/mol. The van der Waals surface area contributed by atoms with E-state index in [-0.39, 0.29) is 5.91 Å². The molecule has 1 aliphatic heterocycles. The van der Waals surface area contributed by atoms with Crippen molar-refractivity contribution in [1.82, 2.24) is 0 Å². The Balaban J connectivity index is 1.81. The van der Waals surface area contributed by atoms with Crippen LogP contribution in [0.2, 0.25) is 0 Å².